The molecule has 4 nitrogen and oxygen atoms in total. The van der Waals surface area contributed by atoms with Gasteiger partial charge in [0.2, 0.25) is 0 Å². The van der Waals surface area contributed by atoms with Gasteiger partial charge in [0.1, 0.15) is 11.5 Å². The molecule has 0 radical (unpaired) electrons. The average molecular weight is 330 g/mol. The van der Waals surface area contributed by atoms with E-state index >= 15 is 0 Å². The van der Waals surface area contributed by atoms with E-state index in [9.17, 15) is 14.0 Å². The second-order valence-corrected chi connectivity index (χ2v) is 6.53. The summed E-state index contributed by atoms with van der Waals surface area (Å²) in [6.45, 7) is 2.50. The third-order valence-electron chi connectivity index (χ3n) is 4.73. The number of amides is 1. The minimum Gasteiger partial charge on any atom is -0.348 e. The molecule has 1 saturated carbocycles. The Hall–Kier alpha value is -2.17. The maximum absolute atomic E-state index is 13.5. The van der Waals surface area contributed by atoms with Crippen molar-refractivity contribution in [1.29, 1.82) is 0 Å². The predicted octanol–water partition coefficient (Wildman–Crippen LogP) is 3.61. The fourth-order valence-corrected chi connectivity index (χ4v) is 3.38. The van der Waals surface area contributed by atoms with Crippen molar-refractivity contribution in [1.82, 2.24) is 9.88 Å². The van der Waals surface area contributed by atoms with Crippen molar-refractivity contribution < 1.29 is 9.18 Å². The zero-order valence-electron chi connectivity index (χ0n) is 14.0. The van der Waals surface area contributed by atoms with Crippen molar-refractivity contribution in [2.45, 2.75) is 58.0 Å². The van der Waals surface area contributed by atoms with Crippen LogP contribution in [0.2, 0.25) is 0 Å². The van der Waals surface area contributed by atoms with Gasteiger partial charge in [-0.1, -0.05) is 32.3 Å². The van der Waals surface area contributed by atoms with Crippen LogP contribution >= 0.6 is 0 Å². The van der Waals surface area contributed by atoms with Crippen LogP contribution in [-0.2, 0) is 6.54 Å². The van der Waals surface area contributed by atoms with Crippen LogP contribution in [0, 0.1) is 5.82 Å². The molecule has 1 aromatic heterocycles. The molecule has 3 rings (SSSR count). The molecule has 1 heterocycles. The highest BCUT2D eigenvalue weighted by Gasteiger charge is 2.21. The SMILES string of the molecule is CCCCn1c(C(=O)NC2CCCC2)cc2ccc(F)cc2c1=O. The summed E-state index contributed by atoms with van der Waals surface area (Å²) in [5.74, 6) is -0.647. The number of aromatic nitrogens is 1. The van der Waals surface area contributed by atoms with Gasteiger partial charge in [-0.25, -0.2) is 4.39 Å². The van der Waals surface area contributed by atoms with E-state index in [1.807, 2.05) is 6.92 Å². The number of hydrogen-bond acceptors (Lipinski definition) is 2. The third-order valence-corrected chi connectivity index (χ3v) is 4.73. The van der Waals surface area contributed by atoms with Crippen molar-refractivity contribution in [3.05, 3.63) is 46.1 Å². The number of nitrogens with one attached hydrogen (secondary N) is 1. The van der Waals surface area contributed by atoms with Gasteiger partial charge in [-0.3, -0.25) is 9.59 Å². The molecule has 0 atom stereocenters. The summed E-state index contributed by atoms with van der Waals surface area (Å²) in [5.41, 5.74) is 0.0801. The second-order valence-electron chi connectivity index (χ2n) is 6.53. The Morgan fingerprint density at radius 3 is 2.75 bits per heavy atom. The van der Waals surface area contributed by atoms with E-state index in [2.05, 4.69) is 5.32 Å². The first kappa shape index (κ1) is 16.7. The van der Waals surface area contributed by atoms with Crippen LogP contribution in [0.25, 0.3) is 10.8 Å². The maximum Gasteiger partial charge on any atom is 0.268 e. The Bertz CT molecular complexity index is 807. The van der Waals surface area contributed by atoms with E-state index in [1.54, 1.807) is 12.1 Å². The molecule has 24 heavy (non-hydrogen) atoms. The van der Waals surface area contributed by atoms with Gasteiger partial charge in [0, 0.05) is 12.6 Å². The molecule has 1 fully saturated rings. The monoisotopic (exact) mass is 330 g/mol. The zero-order chi connectivity index (χ0) is 17.1. The molecule has 1 N–H and O–H groups in total. The first-order chi connectivity index (χ1) is 11.6. The predicted molar refractivity (Wildman–Crippen MR) is 92.8 cm³/mol. The molecule has 0 bridgehead atoms. The fourth-order valence-electron chi connectivity index (χ4n) is 3.38. The first-order valence-electron chi connectivity index (χ1n) is 8.74. The summed E-state index contributed by atoms with van der Waals surface area (Å²) in [6, 6.07) is 6.02. The molecule has 5 heteroatoms. The van der Waals surface area contributed by atoms with Gasteiger partial charge in [-0.15, -0.1) is 0 Å². The normalized spacial score (nSPS) is 15.1. The maximum atomic E-state index is 13.5. The van der Waals surface area contributed by atoms with Crippen LogP contribution in [0.1, 0.15) is 55.9 Å². The highest BCUT2D eigenvalue weighted by Crippen LogP contribution is 2.19. The minimum absolute atomic E-state index is 0.191. The average Bonchev–Trinajstić information content (AvgIpc) is 3.07. The van der Waals surface area contributed by atoms with E-state index in [4.69, 9.17) is 0 Å². The lowest BCUT2D eigenvalue weighted by molar-refractivity contribution is 0.0927. The number of carbonyl (C=O) groups excluding carboxylic acids is 1. The van der Waals surface area contributed by atoms with Gasteiger partial charge in [0.05, 0.1) is 5.39 Å². The summed E-state index contributed by atoms with van der Waals surface area (Å²) >= 11 is 0. The van der Waals surface area contributed by atoms with E-state index in [0.717, 1.165) is 38.5 Å². The number of hydrogen-bond donors (Lipinski definition) is 1. The summed E-state index contributed by atoms with van der Waals surface area (Å²) < 4.78 is 15.0. The van der Waals surface area contributed by atoms with Gasteiger partial charge < -0.3 is 9.88 Å². The number of nitrogens with zero attached hydrogens (tertiary/aromatic N) is 1. The Balaban J connectivity index is 2.04. The molecule has 0 unspecified atom stereocenters. The highest BCUT2D eigenvalue weighted by atomic mass is 19.1. The van der Waals surface area contributed by atoms with Crippen LogP contribution in [-0.4, -0.2) is 16.5 Å². The number of fused-ring (bicyclic) bond motifs is 1. The largest absolute Gasteiger partial charge is 0.348 e. The van der Waals surface area contributed by atoms with E-state index < -0.39 is 5.82 Å². The fraction of sp³-hybridized carbons (Fsp3) is 0.474. The summed E-state index contributed by atoms with van der Waals surface area (Å²) in [5, 5.41) is 3.97. The van der Waals surface area contributed by atoms with Crippen molar-refractivity contribution in [3.8, 4) is 0 Å². The Kier molecular flexibility index (Phi) is 4.97. The highest BCUT2D eigenvalue weighted by molar-refractivity contribution is 5.96. The van der Waals surface area contributed by atoms with Gasteiger partial charge in [-0.2, -0.15) is 0 Å². The number of benzene rings is 1. The number of carbonyl (C=O) groups is 1. The van der Waals surface area contributed by atoms with Crippen molar-refractivity contribution in [2.24, 2.45) is 0 Å². The lowest BCUT2D eigenvalue weighted by atomic mass is 10.1. The quantitative estimate of drug-likeness (QED) is 0.910. The molecule has 1 aliphatic rings. The number of rotatable bonds is 5. The zero-order valence-corrected chi connectivity index (χ0v) is 14.0. The van der Waals surface area contributed by atoms with Crippen LogP contribution in [0.3, 0.4) is 0 Å². The smallest absolute Gasteiger partial charge is 0.268 e. The van der Waals surface area contributed by atoms with Crippen LogP contribution in [0.5, 0.6) is 0 Å². The molecule has 2 aromatic rings. The topological polar surface area (TPSA) is 51.1 Å². The molecule has 128 valence electrons. The lowest BCUT2D eigenvalue weighted by Gasteiger charge is -2.17. The molecule has 1 amide bonds. The van der Waals surface area contributed by atoms with Gasteiger partial charge >= 0.3 is 0 Å². The molecule has 0 saturated heterocycles. The number of pyridine rings is 1. The first-order valence-corrected chi connectivity index (χ1v) is 8.74. The minimum atomic E-state index is -0.440. The Morgan fingerprint density at radius 1 is 1.29 bits per heavy atom. The third kappa shape index (κ3) is 3.35. The Morgan fingerprint density at radius 2 is 2.04 bits per heavy atom. The van der Waals surface area contributed by atoms with Gasteiger partial charge in [0.25, 0.3) is 11.5 Å². The molecule has 0 aliphatic heterocycles. The number of halogens is 1. The summed E-state index contributed by atoms with van der Waals surface area (Å²) in [6.07, 6.45) is 5.95. The molecule has 0 spiro atoms. The van der Waals surface area contributed by atoms with Crippen LogP contribution < -0.4 is 10.9 Å². The van der Waals surface area contributed by atoms with Crippen molar-refractivity contribution in [3.63, 3.8) is 0 Å². The van der Waals surface area contributed by atoms with E-state index in [-0.39, 0.29) is 17.5 Å². The standard InChI is InChI=1S/C19H23FN2O2/c1-2-3-10-22-17(18(23)21-15-6-4-5-7-15)11-13-8-9-14(20)12-16(13)19(22)24/h8-9,11-12,15H,2-7,10H2,1H3,(H,21,23). The van der Waals surface area contributed by atoms with Crippen molar-refractivity contribution >= 4 is 16.7 Å². The number of unbranched alkanes of at least 4 members (excludes halogenated alkanes) is 1. The molecular weight excluding hydrogens is 307 g/mol. The molecule has 1 aromatic carbocycles. The lowest BCUT2D eigenvalue weighted by Crippen LogP contribution is -2.37. The summed E-state index contributed by atoms with van der Waals surface area (Å²) in [7, 11) is 0. The van der Waals surface area contributed by atoms with E-state index in [0.29, 0.717) is 23.0 Å². The van der Waals surface area contributed by atoms with Crippen LogP contribution in [0.15, 0.2) is 29.1 Å². The van der Waals surface area contributed by atoms with Crippen LogP contribution in [0.4, 0.5) is 4.39 Å². The second kappa shape index (κ2) is 7.16. The van der Waals surface area contributed by atoms with Crippen molar-refractivity contribution in [2.75, 3.05) is 0 Å². The molecular formula is C19H23FN2O2. The molecule has 1 aliphatic carbocycles. The van der Waals surface area contributed by atoms with Gasteiger partial charge in [-0.05, 0) is 42.8 Å². The van der Waals surface area contributed by atoms with Gasteiger partial charge in [0.15, 0.2) is 0 Å². The van der Waals surface area contributed by atoms with E-state index in [1.165, 1.54) is 16.7 Å². The Labute approximate surface area is 140 Å². The summed E-state index contributed by atoms with van der Waals surface area (Å²) in [4.78, 5) is 25.5.